The predicted octanol–water partition coefficient (Wildman–Crippen LogP) is 3.55. The summed E-state index contributed by atoms with van der Waals surface area (Å²) in [6.07, 6.45) is 12.4. The van der Waals surface area contributed by atoms with Crippen molar-refractivity contribution in [3.8, 4) is 0 Å². The molecule has 0 aromatic carbocycles. The van der Waals surface area contributed by atoms with Gasteiger partial charge >= 0.3 is 0 Å². The number of aromatic nitrogens is 3. The molecule has 0 aliphatic heterocycles. The van der Waals surface area contributed by atoms with Crippen LogP contribution >= 0.6 is 15.9 Å². The van der Waals surface area contributed by atoms with Gasteiger partial charge in [-0.25, -0.2) is 9.97 Å². The lowest BCUT2D eigenvalue weighted by Gasteiger charge is -2.29. The summed E-state index contributed by atoms with van der Waals surface area (Å²) in [6.45, 7) is 3.18. The van der Waals surface area contributed by atoms with E-state index in [2.05, 4.69) is 42.5 Å². The third-order valence-electron chi connectivity index (χ3n) is 4.37. The molecule has 0 bridgehead atoms. The highest BCUT2D eigenvalue weighted by Gasteiger charge is 2.20. The third-order valence-corrected chi connectivity index (χ3v) is 4.78. The molecule has 2 heterocycles. The van der Waals surface area contributed by atoms with Crippen LogP contribution in [0.4, 0.5) is 0 Å². The quantitative estimate of drug-likeness (QED) is 0.928. The summed E-state index contributed by atoms with van der Waals surface area (Å²) in [5.74, 6) is 0.904. The fourth-order valence-corrected chi connectivity index (χ4v) is 3.45. The SMILES string of the molecule is CCC1CCCC(NCc2cnc3cnc(Br)cn23)C1. The molecule has 1 saturated carbocycles. The van der Waals surface area contributed by atoms with Crippen LogP contribution in [0.15, 0.2) is 23.2 Å². The number of hydrogen-bond donors (Lipinski definition) is 1. The summed E-state index contributed by atoms with van der Waals surface area (Å²) in [5, 5.41) is 3.70. The van der Waals surface area contributed by atoms with Crippen molar-refractivity contribution in [3.05, 3.63) is 28.9 Å². The average molecular weight is 337 g/mol. The van der Waals surface area contributed by atoms with Gasteiger partial charge in [-0.05, 0) is 34.7 Å². The summed E-state index contributed by atoms with van der Waals surface area (Å²) in [7, 11) is 0. The van der Waals surface area contributed by atoms with Crippen LogP contribution in [0, 0.1) is 5.92 Å². The molecule has 108 valence electrons. The molecule has 2 unspecified atom stereocenters. The van der Waals surface area contributed by atoms with Gasteiger partial charge in [-0.3, -0.25) is 4.40 Å². The number of nitrogens with one attached hydrogen (secondary N) is 1. The minimum absolute atomic E-state index is 0.657. The summed E-state index contributed by atoms with van der Waals surface area (Å²) < 4.78 is 2.94. The van der Waals surface area contributed by atoms with Crippen molar-refractivity contribution in [1.82, 2.24) is 19.7 Å². The van der Waals surface area contributed by atoms with Crippen LogP contribution in [0.1, 0.15) is 44.7 Å². The topological polar surface area (TPSA) is 42.2 Å². The number of imidazole rings is 1. The fourth-order valence-electron chi connectivity index (χ4n) is 3.14. The Kier molecular flexibility index (Phi) is 4.36. The molecule has 1 N–H and O–H groups in total. The van der Waals surface area contributed by atoms with Gasteiger partial charge in [0.25, 0.3) is 0 Å². The van der Waals surface area contributed by atoms with Gasteiger partial charge in [0, 0.05) is 18.8 Å². The van der Waals surface area contributed by atoms with E-state index in [1.165, 1.54) is 37.8 Å². The van der Waals surface area contributed by atoms with E-state index in [-0.39, 0.29) is 0 Å². The third kappa shape index (κ3) is 3.04. The van der Waals surface area contributed by atoms with Crippen molar-refractivity contribution < 1.29 is 0 Å². The Hall–Kier alpha value is -0.940. The maximum Gasteiger partial charge on any atom is 0.155 e. The highest BCUT2D eigenvalue weighted by Crippen LogP contribution is 2.26. The van der Waals surface area contributed by atoms with E-state index in [0.29, 0.717) is 6.04 Å². The first kappa shape index (κ1) is 14.0. The normalized spacial score (nSPS) is 23.3. The lowest BCUT2D eigenvalue weighted by molar-refractivity contribution is 0.277. The molecule has 1 aliphatic carbocycles. The number of fused-ring (bicyclic) bond motifs is 1. The van der Waals surface area contributed by atoms with Gasteiger partial charge in [0.2, 0.25) is 0 Å². The van der Waals surface area contributed by atoms with Gasteiger partial charge in [-0.2, -0.15) is 0 Å². The predicted molar refractivity (Wildman–Crippen MR) is 83.6 cm³/mol. The Labute approximate surface area is 128 Å². The molecule has 2 aromatic rings. The van der Waals surface area contributed by atoms with Crippen LogP contribution in [0.2, 0.25) is 0 Å². The fraction of sp³-hybridized carbons (Fsp3) is 0.600. The largest absolute Gasteiger partial charge is 0.308 e. The van der Waals surface area contributed by atoms with Gasteiger partial charge < -0.3 is 5.32 Å². The zero-order chi connectivity index (χ0) is 13.9. The molecule has 1 aliphatic rings. The van der Waals surface area contributed by atoms with Gasteiger partial charge in [0.15, 0.2) is 5.65 Å². The van der Waals surface area contributed by atoms with E-state index in [1.54, 1.807) is 6.20 Å². The molecule has 4 nitrogen and oxygen atoms in total. The Bertz CT molecular complexity index is 580. The molecule has 0 spiro atoms. The average Bonchev–Trinajstić information content (AvgIpc) is 2.87. The van der Waals surface area contributed by atoms with E-state index < -0.39 is 0 Å². The monoisotopic (exact) mass is 336 g/mol. The van der Waals surface area contributed by atoms with Gasteiger partial charge in [-0.1, -0.05) is 26.2 Å². The van der Waals surface area contributed by atoms with E-state index in [9.17, 15) is 0 Å². The molecular weight excluding hydrogens is 316 g/mol. The second kappa shape index (κ2) is 6.22. The standard InChI is InChI=1S/C15H21BrN4/c1-2-11-4-3-5-12(6-11)17-7-13-8-19-15-9-18-14(16)10-20(13)15/h8-12,17H,2-7H2,1H3. The van der Waals surface area contributed by atoms with Crippen LogP contribution in [-0.2, 0) is 6.54 Å². The Morgan fingerprint density at radius 2 is 2.25 bits per heavy atom. The van der Waals surface area contributed by atoms with E-state index in [1.807, 2.05) is 12.4 Å². The van der Waals surface area contributed by atoms with Crippen molar-refractivity contribution in [3.63, 3.8) is 0 Å². The van der Waals surface area contributed by atoms with Crippen molar-refractivity contribution >= 4 is 21.6 Å². The molecule has 2 atom stereocenters. The van der Waals surface area contributed by atoms with Crippen LogP contribution < -0.4 is 5.32 Å². The number of hydrogen-bond acceptors (Lipinski definition) is 3. The van der Waals surface area contributed by atoms with E-state index >= 15 is 0 Å². The van der Waals surface area contributed by atoms with Crippen molar-refractivity contribution in [2.45, 2.75) is 51.6 Å². The Balaban J connectivity index is 1.66. The van der Waals surface area contributed by atoms with Crippen LogP contribution in [0.3, 0.4) is 0 Å². The molecule has 0 saturated heterocycles. The van der Waals surface area contributed by atoms with Crippen molar-refractivity contribution in [2.75, 3.05) is 0 Å². The summed E-state index contributed by atoms with van der Waals surface area (Å²) in [6, 6.07) is 0.657. The van der Waals surface area contributed by atoms with Crippen molar-refractivity contribution in [1.29, 1.82) is 0 Å². The zero-order valence-electron chi connectivity index (χ0n) is 11.8. The van der Waals surface area contributed by atoms with E-state index in [4.69, 9.17) is 0 Å². The first-order valence-electron chi connectivity index (χ1n) is 7.47. The Morgan fingerprint density at radius 1 is 1.35 bits per heavy atom. The maximum atomic E-state index is 4.39. The summed E-state index contributed by atoms with van der Waals surface area (Å²) in [5.41, 5.74) is 2.10. The smallest absolute Gasteiger partial charge is 0.155 e. The van der Waals surface area contributed by atoms with Gasteiger partial charge in [-0.15, -0.1) is 0 Å². The number of halogens is 1. The Morgan fingerprint density at radius 3 is 3.10 bits per heavy atom. The van der Waals surface area contributed by atoms with Crippen LogP contribution in [-0.4, -0.2) is 20.4 Å². The molecule has 5 heteroatoms. The molecule has 3 rings (SSSR count). The number of rotatable bonds is 4. The first-order valence-corrected chi connectivity index (χ1v) is 8.26. The highest BCUT2D eigenvalue weighted by molar-refractivity contribution is 9.10. The van der Waals surface area contributed by atoms with Crippen molar-refractivity contribution in [2.24, 2.45) is 5.92 Å². The molecule has 2 aromatic heterocycles. The first-order chi connectivity index (χ1) is 9.76. The van der Waals surface area contributed by atoms with Gasteiger partial charge in [0.1, 0.15) is 4.60 Å². The molecule has 20 heavy (non-hydrogen) atoms. The molecule has 0 radical (unpaired) electrons. The van der Waals surface area contributed by atoms with Crippen LogP contribution in [0.5, 0.6) is 0 Å². The second-order valence-corrected chi connectivity index (χ2v) is 6.52. The maximum absolute atomic E-state index is 4.39. The summed E-state index contributed by atoms with van der Waals surface area (Å²) in [4.78, 5) is 8.60. The second-order valence-electron chi connectivity index (χ2n) is 5.71. The number of nitrogens with zero attached hydrogens (tertiary/aromatic N) is 3. The lowest BCUT2D eigenvalue weighted by atomic mass is 9.84. The molecule has 0 amide bonds. The molecule has 1 fully saturated rings. The van der Waals surface area contributed by atoms with Crippen LogP contribution in [0.25, 0.3) is 5.65 Å². The van der Waals surface area contributed by atoms with Gasteiger partial charge in [0.05, 0.1) is 18.1 Å². The highest BCUT2D eigenvalue weighted by atomic mass is 79.9. The van der Waals surface area contributed by atoms with E-state index in [0.717, 1.165) is 22.7 Å². The zero-order valence-corrected chi connectivity index (χ0v) is 13.4. The summed E-state index contributed by atoms with van der Waals surface area (Å²) >= 11 is 3.42. The lowest BCUT2D eigenvalue weighted by Crippen LogP contribution is -2.33. The molecular formula is C15H21BrN4. The minimum atomic E-state index is 0.657. The minimum Gasteiger partial charge on any atom is -0.308 e.